The average molecular weight is 153 g/mol. The van der Waals surface area contributed by atoms with Crippen LogP contribution in [0.5, 0.6) is 0 Å². The van der Waals surface area contributed by atoms with Crippen LogP contribution in [0.2, 0.25) is 0 Å². The molecule has 0 aromatic heterocycles. The number of hydrogen-bond acceptors (Lipinski definition) is 2. The van der Waals surface area contributed by atoms with Crippen LogP contribution in [0.1, 0.15) is 27.2 Å². The lowest BCUT2D eigenvalue weighted by Gasteiger charge is -2.15. The van der Waals surface area contributed by atoms with E-state index in [1.165, 1.54) is 0 Å². The maximum atomic E-state index is 11.1. The predicted octanol–water partition coefficient (Wildman–Crippen LogP) is 0.973. The van der Waals surface area contributed by atoms with E-state index in [1.54, 1.807) is 0 Å². The highest BCUT2D eigenvalue weighted by Crippen LogP contribution is 2.21. The fourth-order valence-electron chi connectivity index (χ4n) is 1.03. The minimum Gasteiger partial charge on any atom is -0.292 e. The Bertz CT molecular complexity index is 245. The van der Waals surface area contributed by atoms with Gasteiger partial charge < -0.3 is 0 Å². The third kappa shape index (κ3) is 1.53. The van der Waals surface area contributed by atoms with Crippen molar-refractivity contribution in [2.75, 3.05) is 0 Å². The Labute approximate surface area is 65.5 Å². The molecule has 0 fully saturated rings. The molecule has 1 heterocycles. The zero-order chi connectivity index (χ0) is 8.65. The summed E-state index contributed by atoms with van der Waals surface area (Å²) in [5.41, 5.74) is 0.131. The normalized spacial score (nSPS) is 19.0. The first-order chi connectivity index (χ1) is 4.91. The van der Waals surface area contributed by atoms with Gasteiger partial charge in [0, 0.05) is 5.41 Å². The monoisotopic (exact) mass is 153 g/mol. The molecule has 3 nitrogen and oxygen atoms in total. The number of amides is 1. The van der Waals surface area contributed by atoms with E-state index in [0.29, 0.717) is 5.71 Å². The zero-order valence-electron chi connectivity index (χ0n) is 6.97. The van der Waals surface area contributed by atoms with Crippen molar-refractivity contribution >= 4 is 17.4 Å². The highest BCUT2D eigenvalue weighted by molar-refractivity contribution is 6.49. The van der Waals surface area contributed by atoms with Crippen molar-refractivity contribution in [3.8, 4) is 0 Å². The summed E-state index contributed by atoms with van der Waals surface area (Å²) in [4.78, 5) is 25.5. The molecule has 0 radical (unpaired) electrons. The van der Waals surface area contributed by atoms with E-state index < -0.39 is 0 Å². The summed E-state index contributed by atoms with van der Waals surface area (Å²) in [5.74, 6) is -0.428. The number of nitrogens with zero attached hydrogens (tertiary/aromatic N) is 1. The van der Waals surface area contributed by atoms with Crippen LogP contribution in [0.25, 0.3) is 0 Å². The first-order valence-corrected chi connectivity index (χ1v) is 3.56. The van der Waals surface area contributed by atoms with E-state index in [2.05, 4.69) is 4.99 Å². The fraction of sp³-hybridized carbons (Fsp3) is 0.625. The number of Topliss-reactive ketones (excluding diaryl/α,β-unsaturated/α-hetero) is 1. The topological polar surface area (TPSA) is 46.5 Å². The van der Waals surface area contributed by atoms with Gasteiger partial charge in [0.05, 0.1) is 12.1 Å². The second kappa shape index (κ2) is 2.26. The van der Waals surface area contributed by atoms with Gasteiger partial charge in [-0.1, -0.05) is 20.8 Å². The van der Waals surface area contributed by atoms with Crippen LogP contribution in [-0.4, -0.2) is 17.4 Å². The van der Waals surface area contributed by atoms with Crippen LogP contribution in [0.3, 0.4) is 0 Å². The van der Waals surface area contributed by atoms with Gasteiger partial charge in [-0.2, -0.15) is 0 Å². The number of ketones is 1. The molecule has 0 bridgehead atoms. The fourth-order valence-corrected chi connectivity index (χ4v) is 1.03. The lowest BCUT2D eigenvalue weighted by molar-refractivity contribution is -0.121. The molecule has 0 aliphatic carbocycles. The van der Waals surface area contributed by atoms with Crippen molar-refractivity contribution in [1.29, 1.82) is 0 Å². The first-order valence-electron chi connectivity index (χ1n) is 3.56. The van der Waals surface area contributed by atoms with Crippen molar-refractivity contribution in [2.24, 2.45) is 10.4 Å². The summed E-state index contributed by atoms with van der Waals surface area (Å²) < 4.78 is 0. The molecule has 1 aliphatic heterocycles. The predicted molar refractivity (Wildman–Crippen MR) is 41.5 cm³/mol. The van der Waals surface area contributed by atoms with Crippen LogP contribution in [-0.2, 0) is 9.59 Å². The van der Waals surface area contributed by atoms with Gasteiger partial charge in [-0.3, -0.25) is 9.59 Å². The van der Waals surface area contributed by atoms with E-state index in [-0.39, 0.29) is 23.5 Å². The third-order valence-corrected chi connectivity index (χ3v) is 1.52. The summed E-state index contributed by atoms with van der Waals surface area (Å²) in [6.45, 7) is 5.63. The molecular weight excluding hydrogens is 142 g/mol. The standard InChI is InChI=1S/C8H11NO2/c1-8(2,3)7-5(10)4-6(11)9-7/h4H2,1-3H3. The van der Waals surface area contributed by atoms with E-state index in [0.717, 1.165) is 0 Å². The quantitative estimate of drug-likeness (QED) is 0.487. The van der Waals surface area contributed by atoms with E-state index in [1.807, 2.05) is 20.8 Å². The Morgan fingerprint density at radius 2 is 1.82 bits per heavy atom. The Morgan fingerprint density at radius 1 is 1.27 bits per heavy atom. The van der Waals surface area contributed by atoms with Gasteiger partial charge >= 0.3 is 0 Å². The van der Waals surface area contributed by atoms with Crippen molar-refractivity contribution in [3.05, 3.63) is 0 Å². The van der Waals surface area contributed by atoms with E-state index in [4.69, 9.17) is 0 Å². The van der Waals surface area contributed by atoms with Crippen molar-refractivity contribution in [3.63, 3.8) is 0 Å². The van der Waals surface area contributed by atoms with Crippen LogP contribution in [0, 0.1) is 5.41 Å². The number of hydrogen-bond donors (Lipinski definition) is 0. The molecule has 0 unspecified atom stereocenters. The highest BCUT2D eigenvalue weighted by atomic mass is 16.2. The number of carbonyl (C=O) groups excluding carboxylic acids is 2. The average Bonchev–Trinajstić information content (AvgIpc) is 2.08. The molecule has 0 N–H and O–H groups in total. The molecule has 0 aromatic rings. The lowest BCUT2D eigenvalue weighted by Crippen LogP contribution is -2.25. The van der Waals surface area contributed by atoms with E-state index >= 15 is 0 Å². The second-order valence-corrected chi connectivity index (χ2v) is 3.70. The molecule has 60 valence electrons. The Hall–Kier alpha value is -0.990. The summed E-state index contributed by atoms with van der Waals surface area (Å²) in [6.07, 6.45) is -0.0351. The van der Waals surface area contributed by atoms with Gasteiger partial charge in [0.15, 0.2) is 5.78 Å². The molecule has 1 aliphatic rings. The molecule has 0 spiro atoms. The number of rotatable bonds is 0. The second-order valence-electron chi connectivity index (χ2n) is 3.70. The van der Waals surface area contributed by atoms with Crippen LogP contribution in [0.15, 0.2) is 4.99 Å². The summed E-state index contributed by atoms with van der Waals surface area (Å²) >= 11 is 0. The first kappa shape index (κ1) is 8.11. The lowest BCUT2D eigenvalue weighted by atomic mass is 9.88. The van der Waals surface area contributed by atoms with Crippen molar-refractivity contribution in [2.45, 2.75) is 27.2 Å². The van der Waals surface area contributed by atoms with Crippen molar-refractivity contribution in [1.82, 2.24) is 0 Å². The van der Waals surface area contributed by atoms with Gasteiger partial charge in [-0.05, 0) is 0 Å². The molecule has 1 rings (SSSR count). The largest absolute Gasteiger partial charge is 0.292 e. The molecule has 0 saturated carbocycles. The van der Waals surface area contributed by atoms with Crippen LogP contribution in [0.4, 0.5) is 0 Å². The van der Waals surface area contributed by atoms with Gasteiger partial charge in [0.1, 0.15) is 0 Å². The Morgan fingerprint density at radius 3 is 2.00 bits per heavy atom. The number of aliphatic imine (C=N–C) groups is 1. The van der Waals surface area contributed by atoms with Gasteiger partial charge in [-0.25, -0.2) is 4.99 Å². The maximum Gasteiger partial charge on any atom is 0.253 e. The number of carbonyl (C=O) groups is 2. The molecule has 11 heavy (non-hydrogen) atoms. The minimum atomic E-state index is -0.306. The molecule has 1 amide bonds. The Balaban J connectivity index is 2.97. The Kier molecular flexibility index (Phi) is 1.66. The smallest absolute Gasteiger partial charge is 0.253 e. The van der Waals surface area contributed by atoms with E-state index in [9.17, 15) is 9.59 Å². The van der Waals surface area contributed by atoms with Crippen LogP contribution >= 0.6 is 0 Å². The summed E-state index contributed by atoms with van der Waals surface area (Å²) in [6, 6.07) is 0. The molecule has 0 aromatic carbocycles. The summed E-state index contributed by atoms with van der Waals surface area (Å²) in [5, 5.41) is 0. The zero-order valence-corrected chi connectivity index (χ0v) is 6.97. The molecule has 3 heteroatoms. The summed E-state index contributed by atoms with van der Waals surface area (Å²) in [7, 11) is 0. The molecular formula is C8H11NO2. The highest BCUT2D eigenvalue weighted by Gasteiger charge is 2.32. The van der Waals surface area contributed by atoms with Gasteiger partial charge in [0.25, 0.3) is 5.91 Å². The van der Waals surface area contributed by atoms with Gasteiger partial charge in [-0.15, -0.1) is 0 Å². The maximum absolute atomic E-state index is 11.1. The minimum absolute atomic E-state index is 0.0351. The van der Waals surface area contributed by atoms with Gasteiger partial charge in [0.2, 0.25) is 0 Å². The van der Waals surface area contributed by atoms with Crippen LogP contribution < -0.4 is 0 Å². The SMILES string of the molecule is CC(C)(C)C1=NC(=O)CC1=O. The molecule has 0 saturated heterocycles. The van der Waals surface area contributed by atoms with Crippen molar-refractivity contribution < 1.29 is 9.59 Å². The third-order valence-electron chi connectivity index (χ3n) is 1.52. The molecule has 0 atom stereocenters.